The zero-order valence-corrected chi connectivity index (χ0v) is 35.6. The smallest absolute Gasteiger partial charge is 0.220 e. The molecule has 6 N–H and O–H groups in total. The molecule has 0 bridgehead atoms. The van der Waals surface area contributed by atoms with E-state index in [1.165, 1.54) is 116 Å². The van der Waals surface area contributed by atoms with Crippen LogP contribution in [0.4, 0.5) is 0 Å². The Labute approximate surface area is 342 Å². The Morgan fingerprint density at radius 1 is 0.589 bits per heavy atom. The fraction of sp³-hybridized carbons (Fsp3) is 0.809. The van der Waals surface area contributed by atoms with Crippen molar-refractivity contribution in [2.45, 2.75) is 230 Å². The lowest BCUT2D eigenvalue weighted by Crippen LogP contribution is -2.60. The van der Waals surface area contributed by atoms with Gasteiger partial charge in [0.15, 0.2) is 6.29 Å². The number of aliphatic hydroxyl groups excluding tert-OH is 5. The van der Waals surface area contributed by atoms with Crippen molar-refractivity contribution in [2.75, 3.05) is 13.2 Å². The molecule has 0 saturated carbocycles. The summed E-state index contributed by atoms with van der Waals surface area (Å²) in [6, 6.07) is -0.828. The van der Waals surface area contributed by atoms with Crippen LogP contribution in [-0.4, -0.2) is 87.5 Å². The quantitative estimate of drug-likeness (QED) is 0.0269. The maximum absolute atomic E-state index is 12.9. The van der Waals surface area contributed by atoms with E-state index in [1.54, 1.807) is 6.08 Å². The summed E-state index contributed by atoms with van der Waals surface area (Å²) in [4.78, 5) is 12.9. The molecule has 0 radical (unpaired) electrons. The standard InChI is InChI=1S/C47H85NO8/c1-3-5-7-9-11-13-15-17-19-20-21-22-23-25-27-29-31-33-35-37-43(51)48-40(39-55-47-46(54)45(53)44(52)42(38-49)56-47)41(50)36-34-32-30-28-26-24-18-16-14-12-10-8-6-4-2/h14,16-17,19,26,28,34,36,40-42,44-47,49-50,52-54H,3-13,15,18,20-25,27,29-33,35,37-39H2,1-2H3,(H,48,51)/b16-14+,19-17-,28-26+,36-34+. The monoisotopic (exact) mass is 792 g/mol. The van der Waals surface area contributed by atoms with E-state index in [2.05, 4.69) is 55.6 Å². The van der Waals surface area contributed by atoms with Gasteiger partial charge in [-0.2, -0.15) is 0 Å². The van der Waals surface area contributed by atoms with Gasteiger partial charge in [0.1, 0.15) is 24.4 Å². The lowest BCUT2D eigenvalue weighted by atomic mass is 9.99. The van der Waals surface area contributed by atoms with Crippen LogP contribution in [0, 0.1) is 0 Å². The molecule has 1 amide bonds. The van der Waals surface area contributed by atoms with Crippen LogP contribution in [0.15, 0.2) is 48.6 Å². The van der Waals surface area contributed by atoms with Crippen LogP contribution in [0.3, 0.4) is 0 Å². The molecule has 1 aliphatic rings. The molecule has 56 heavy (non-hydrogen) atoms. The second kappa shape index (κ2) is 37.4. The van der Waals surface area contributed by atoms with E-state index in [4.69, 9.17) is 9.47 Å². The van der Waals surface area contributed by atoms with Crippen molar-refractivity contribution in [3.63, 3.8) is 0 Å². The zero-order valence-electron chi connectivity index (χ0n) is 35.6. The molecule has 0 aliphatic carbocycles. The Hall–Kier alpha value is -1.85. The third kappa shape index (κ3) is 27.7. The molecule has 0 spiro atoms. The highest BCUT2D eigenvalue weighted by molar-refractivity contribution is 5.76. The first-order valence-corrected chi connectivity index (χ1v) is 22.9. The number of rotatable bonds is 37. The minimum absolute atomic E-state index is 0.196. The van der Waals surface area contributed by atoms with Gasteiger partial charge in [0, 0.05) is 6.42 Å². The van der Waals surface area contributed by atoms with Crippen LogP contribution in [-0.2, 0) is 14.3 Å². The third-order valence-electron chi connectivity index (χ3n) is 10.6. The Balaban J connectivity index is 2.38. The molecule has 1 aliphatic heterocycles. The van der Waals surface area contributed by atoms with Crippen molar-refractivity contribution in [2.24, 2.45) is 0 Å². The van der Waals surface area contributed by atoms with E-state index in [9.17, 15) is 30.3 Å². The second-order valence-electron chi connectivity index (χ2n) is 15.8. The summed E-state index contributed by atoms with van der Waals surface area (Å²) >= 11 is 0. The zero-order chi connectivity index (χ0) is 40.9. The summed E-state index contributed by atoms with van der Waals surface area (Å²) in [7, 11) is 0. The van der Waals surface area contributed by atoms with Crippen LogP contribution >= 0.6 is 0 Å². The number of aliphatic hydroxyl groups is 5. The van der Waals surface area contributed by atoms with Gasteiger partial charge in [-0.1, -0.05) is 159 Å². The van der Waals surface area contributed by atoms with Crippen molar-refractivity contribution in [1.29, 1.82) is 0 Å². The predicted octanol–water partition coefficient (Wildman–Crippen LogP) is 9.45. The molecule has 7 atom stereocenters. The van der Waals surface area contributed by atoms with Crippen molar-refractivity contribution in [3.8, 4) is 0 Å². The highest BCUT2D eigenvalue weighted by atomic mass is 16.7. The van der Waals surface area contributed by atoms with Crippen LogP contribution in [0.2, 0.25) is 0 Å². The molecule has 1 fully saturated rings. The molecular weight excluding hydrogens is 707 g/mol. The second-order valence-corrected chi connectivity index (χ2v) is 15.8. The van der Waals surface area contributed by atoms with Crippen molar-refractivity contribution < 1.29 is 39.8 Å². The minimum atomic E-state index is -1.57. The van der Waals surface area contributed by atoms with Crippen LogP contribution < -0.4 is 5.32 Å². The molecule has 7 unspecified atom stereocenters. The Morgan fingerprint density at radius 3 is 1.52 bits per heavy atom. The molecule has 0 aromatic carbocycles. The minimum Gasteiger partial charge on any atom is -0.394 e. The molecular formula is C47H85NO8. The first kappa shape index (κ1) is 52.2. The van der Waals surface area contributed by atoms with Crippen LogP contribution in [0.25, 0.3) is 0 Å². The van der Waals surface area contributed by atoms with Gasteiger partial charge < -0.3 is 40.3 Å². The highest BCUT2D eigenvalue weighted by Crippen LogP contribution is 2.22. The number of unbranched alkanes of at least 4 members (excludes halogenated alkanes) is 21. The largest absolute Gasteiger partial charge is 0.394 e. The van der Waals surface area contributed by atoms with Crippen molar-refractivity contribution in [1.82, 2.24) is 5.32 Å². The van der Waals surface area contributed by atoms with Gasteiger partial charge in [-0.15, -0.1) is 0 Å². The van der Waals surface area contributed by atoms with E-state index in [0.29, 0.717) is 6.42 Å². The molecule has 9 nitrogen and oxygen atoms in total. The van der Waals surface area contributed by atoms with Crippen LogP contribution in [0.5, 0.6) is 0 Å². The fourth-order valence-corrected chi connectivity index (χ4v) is 6.89. The first-order chi connectivity index (χ1) is 27.3. The third-order valence-corrected chi connectivity index (χ3v) is 10.6. The summed E-state index contributed by atoms with van der Waals surface area (Å²) in [6.45, 7) is 3.71. The summed E-state index contributed by atoms with van der Waals surface area (Å²) in [5.74, 6) is -0.196. The molecule has 1 rings (SSSR count). The topological polar surface area (TPSA) is 149 Å². The molecule has 0 aromatic heterocycles. The number of allylic oxidation sites excluding steroid dienone is 7. The Bertz CT molecular complexity index is 1010. The van der Waals surface area contributed by atoms with Gasteiger partial charge in [-0.25, -0.2) is 0 Å². The first-order valence-electron chi connectivity index (χ1n) is 22.9. The number of nitrogens with one attached hydrogen (secondary N) is 1. The van der Waals surface area contributed by atoms with Gasteiger partial charge in [-0.3, -0.25) is 4.79 Å². The molecule has 0 aromatic rings. The molecule has 326 valence electrons. The van der Waals surface area contributed by atoms with Gasteiger partial charge in [-0.05, 0) is 70.6 Å². The van der Waals surface area contributed by atoms with Gasteiger partial charge in [0.25, 0.3) is 0 Å². The SMILES string of the molecule is CCCCCC/C=C/CC/C=C/CC/C=C/C(O)C(COC1OC(CO)C(O)C(O)C1O)NC(=O)CCCCCCCCCCC/C=C\CCCCCCCC. The van der Waals surface area contributed by atoms with Crippen molar-refractivity contribution >= 4 is 5.91 Å². The average Bonchev–Trinajstić information content (AvgIpc) is 3.20. The molecule has 9 heteroatoms. The summed E-state index contributed by atoms with van der Waals surface area (Å²) < 4.78 is 11.2. The normalized spacial score (nSPS) is 21.6. The lowest BCUT2D eigenvalue weighted by molar-refractivity contribution is -0.302. The maximum Gasteiger partial charge on any atom is 0.220 e. The Morgan fingerprint density at radius 2 is 1.02 bits per heavy atom. The van der Waals surface area contributed by atoms with Crippen LogP contribution in [0.1, 0.15) is 187 Å². The van der Waals surface area contributed by atoms with Gasteiger partial charge >= 0.3 is 0 Å². The predicted molar refractivity (Wildman–Crippen MR) is 230 cm³/mol. The van der Waals surface area contributed by atoms with E-state index >= 15 is 0 Å². The van der Waals surface area contributed by atoms with Crippen molar-refractivity contribution in [3.05, 3.63) is 48.6 Å². The number of carbonyl (C=O) groups is 1. The Kier molecular flexibility index (Phi) is 34.9. The number of carbonyl (C=O) groups excluding carboxylic acids is 1. The lowest BCUT2D eigenvalue weighted by Gasteiger charge is -2.40. The number of hydrogen-bond donors (Lipinski definition) is 6. The van der Waals surface area contributed by atoms with E-state index < -0.39 is 49.5 Å². The summed E-state index contributed by atoms with van der Waals surface area (Å²) in [5.41, 5.74) is 0. The van der Waals surface area contributed by atoms with E-state index in [-0.39, 0.29) is 12.5 Å². The van der Waals surface area contributed by atoms with E-state index in [1.807, 2.05) is 6.08 Å². The van der Waals surface area contributed by atoms with Gasteiger partial charge in [0.2, 0.25) is 5.91 Å². The maximum atomic E-state index is 12.9. The van der Waals surface area contributed by atoms with E-state index in [0.717, 1.165) is 51.4 Å². The number of amides is 1. The number of ether oxygens (including phenoxy) is 2. The fourth-order valence-electron chi connectivity index (χ4n) is 6.89. The summed E-state index contributed by atoms with van der Waals surface area (Å²) in [6.07, 6.45) is 40.1. The summed E-state index contributed by atoms with van der Waals surface area (Å²) in [5, 5.41) is 54.1. The average molecular weight is 792 g/mol. The molecule has 1 saturated heterocycles. The number of hydrogen-bond acceptors (Lipinski definition) is 8. The highest BCUT2D eigenvalue weighted by Gasteiger charge is 2.44. The van der Waals surface area contributed by atoms with Gasteiger partial charge in [0.05, 0.1) is 25.4 Å². The molecule has 1 heterocycles.